The summed E-state index contributed by atoms with van der Waals surface area (Å²) < 4.78 is 10.4. The molecule has 0 aromatic rings. The number of carbonyl (C=O) groups excluding carboxylic acids is 2. The molecule has 0 rings (SSSR count). The molecule has 0 saturated carbocycles. The van der Waals surface area contributed by atoms with Crippen LogP contribution in [0.2, 0.25) is 0 Å². The van der Waals surface area contributed by atoms with E-state index in [-0.39, 0.29) is 25.4 Å². The van der Waals surface area contributed by atoms with Crippen LogP contribution in [-0.2, 0) is 19.1 Å². The summed E-state index contributed by atoms with van der Waals surface area (Å²) >= 11 is 0. The van der Waals surface area contributed by atoms with E-state index in [1.807, 2.05) is 12.2 Å². The molecule has 7 heteroatoms. The summed E-state index contributed by atoms with van der Waals surface area (Å²) in [6.45, 7) is 6.07. The minimum absolute atomic E-state index is 0.0674. The SMILES string of the molecule is CC/C=C\C/C=C\C/C=C\C/C=C\C[C@H](O)[C@@H](O)CCCC(=O)OC[C@H](CO)OC(=O)CCCCCCCCCCCCC(C)C. The highest BCUT2D eigenvalue weighted by Gasteiger charge is 2.18. The molecule has 0 saturated heterocycles. The molecule has 0 aliphatic carbocycles. The quantitative estimate of drug-likeness (QED) is 0.0391. The zero-order valence-corrected chi connectivity index (χ0v) is 29.5. The second kappa shape index (κ2) is 32.7. The van der Waals surface area contributed by atoms with Gasteiger partial charge in [0.25, 0.3) is 0 Å². The lowest BCUT2D eigenvalue weighted by atomic mass is 10.0. The Bertz CT molecular complexity index is 830. The topological polar surface area (TPSA) is 113 Å². The van der Waals surface area contributed by atoms with Crippen LogP contribution >= 0.6 is 0 Å². The van der Waals surface area contributed by atoms with E-state index in [9.17, 15) is 24.9 Å². The number of aliphatic hydroxyl groups excluding tert-OH is 3. The molecule has 3 atom stereocenters. The first kappa shape index (κ1) is 43.8. The summed E-state index contributed by atoms with van der Waals surface area (Å²) in [7, 11) is 0. The molecule has 0 aromatic heterocycles. The minimum atomic E-state index is -0.935. The van der Waals surface area contributed by atoms with E-state index < -0.39 is 30.9 Å². The third kappa shape index (κ3) is 30.4. The molecule has 0 aromatic carbocycles. The summed E-state index contributed by atoms with van der Waals surface area (Å²) in [5.41, 5.74) is 0. The van der Waals surface area contributed by atoms with Gasteiger partial charge in [-0.3, -0.25) is 9.59 Å². The number of rotatable bonds is 31. The number of hydrogen-bond acceptors (Lipinski definition) is 7. The van der Waals surface area contributed by atoms with E-state index in [4.69, 9.17) is 9.47 Å². The monoisotopic (exact) mass is 648 g/mol. The molecule has 0 spiro atoms. The predicted molar refractivity (Wildman–Crippen MR) is 189 cm³/mol. The fraction of sp³-hybridized carbons (Fsp3) is 0.744. The van der Waals surface area contributed by atoms with Gasteiger partial charge in [-0.05, 0) is 57.3 Å². The molecule has 0 radical (unpaired) electrons. The number of hydrogen-bond donors (Lipinski definition) is 3. The number of unbranched alkanes of at least 4 members (excludes halogenated alkanes) is 9. The van der Waals surface area contributed by atoms with Crippen molar-refractivity contribution < 1.29 is 34.4 Å². The first-order valence-corrected chi connectivity index (χ1v) is 18.2. The molecule has 46 heavy (non-hydrogen) atoms. The maximum absolute atomic E-state index is 12.1. The minimum Gasteiger partial charge on any atom is -0.462 e. The van der Waals surface area contributed by atoms with Crippen molar-refractivity contribution in [1.82, 2.24) is 0 Å². The number of carbonyl (C=O) groups is 2. The molecular weight excluding hydrogens is 580 g/mol. The first-order valence-electron chi connectivity index (χ1n) is 18.2. The standard InChI is InChI=1S/C39H68O7/c1-4-5-6-7-8-9-10-11-15-18-21-24-28-36(41)37(42)29-26-31-38(43)45-33-35(32-40)46-39(44)30-25-22-19-16-13-12-14-17-20-23-27-34(2)3/h5-6,8-9,11,15,21,24,34-37,40-42H,4,7,10,12-14,16-20,22-23,25-33H2,1-3H3/b6-5-,9-8-,15-11-,24-21-/t35-,36-,37-/m0/s1. The first-order chi connectivity index (χ1) is 22.3. The van der Waals surface area contributed by atoms with Crippen molar-refractivity contribution in [3.63, 3.8) is 0 Å². The van der Waals surface area contributed by atoms with Crippen LogP contribution < -0.4 is 0 Å². The predicted octanol–water partition coefficient (Wildman–Crippen LogP) is 8.86. The van der Waals surface area contributed by atoms with Gasteiger partial charge in [0.15, 0.2) is 6.10 Å². The highest BCUT2D eigenvalue weighted by Crippen LogP contribution is 2.14. The van der Waals surface area contributed by atoms with Crippen LogP contribution in [0.25, 0.3) is 0 Å². The van der Waals surface area contributed by atoms with Crippen molar-refractivity contribution in [3.8, 4) is 0 Å². The van der Waals surface area contributed by atoms with E-state index in [1.54, 1.807) is 0 Å². The molecular formula is C39H68O7. The molecule has 0 unspecified atom stereocenters. The Balaban J connectivity index is 3.86. The Morgan fingerprint density at radius 3 is 1.65 bits per heavy atom. The van der Waals surface area contributed by atoms with Crippen molar-refractivity contribution in [3.05, 3.63) is 48.6 Å². The van der Waals surface area contributed by atoms with E-state index >= 15 is 0 Å². The van der Waals surface area contributed by atoms with Gasteiger partial charge in [-0.1, -0.05) is 134 Å². The number of aliphatic hydroxyl groups is 3. The number of allylic oxidation sites excluding steroid dienone is 7. The number of ether oxygens (including phenoxy) is 2. The summed E-state index contributed by atoms with van der Waals surface area (Å²) in [5, 5.41) is 29.9. The van der Waals surface area contributed by atoms with Gasteiger partial charge in [-0.25, -0.2) is 0 Å². The van der Waals surface area contributed by atoms with E-state index in [0.717, 1.165) is 50.9 Å². The van der Waals surface area contributed by atoms with Crippen molar-refractivity contribution >= 4 is 11.9 Å². The second-order valence-electron chi connectivity index (χ2n) is 12.7. The van der Waals surface area contributed by atoms with Crippen molar-refractivity contribution in [2.75, 3.05) is 13.2 Å². The van der Waals surface area contributed by atoms with Crippen molar-refractivity contribution in [2.24, 2.45) is 5.92 Å². The Labute approximate surface area is 281 Å². The van der Waals surface area contributed by atoms with Gasteiger partial charge in [0.1, 0.15) is 6.61 Å². The fourth-order valence-electron chi connectivity index (χ4n) is 4.88. The average Bonchev–Trinajstić information content (AvgIpc) is 3.03. The summed E-state index contributed by atoms with van der Waals surface area (Å²) in [4.78, 5) is 24.2. The molecule has 266 valence electrons. The van der Waals surface area contributed by atoms with Gasteiger partial charge in [0, 0.05) is 12.8 Å². The Morgan fingerprint density at radius 1 is 0.609 bits per heavy atom. The smallest absolute Gasteiger partial charge is 0.306 e. The normalized spacial score (nSPS) is 14.2. The average molecular weight is 649 g/mol. The van der Waals surface area contributed by atoms with Crippen molar-refractivity contribution in [2.45, 2.75) is 167 Å². The lowest BCUT2D eigenvalue weighted by Crippen LogP contribution is -2.28. The molecule has 0 amide bonds. The van der Waals surface area contributed by atoms with Gasteiger partial charge in [-0.2, -0.15) is 0 Å². The maximum Gasteiger partial charge on any atom is 0.306 e. The third-order valence-electron chi connectivity index (χ3n) is 7.77. The van der Waals surface area contributed by atoms with Crippen LogP contribution in [0.3, 0.4) is 0 Å². The van der Waals surface area contributed by atoms with E-state index in [2.05, 4.69) is 57.2 Å². The molecule has 3 N–H and O–H groups in total. The van der Waals surface area contributed by atoms with Crippen LogP contribution in [0.1, 0.15) is 149 Å². The fourth-order valence-corrected chi connectivity index (χ4v) is 4.88. The van der Waals surface area contributed by atoms with Crippen LogP contribution in [0.4, 0.5) is 0 Å². The highest BCUT2D eigenvalue weighted by atomic mass is 16.6. The van der Waals surface area contributed by atoms with Gasteiger partial charge in [0.05, 0.1) is 18.8 Å². The molecule has 0 heterocycles. The lowest BCUT2D eigenvalue weighted by Gasteiger charge is -2.17. The highest BCUT2D eigenvalue weighted by molar-refractivity contribution is 5.70. The van der Waals surface area contributed by atoms with Gasteiger partial charge >= 0.3 is 11.9 Å². The zero-order chi connectivity index (χ0) is 34.1. The summed E-state index contributed by atoms with van der Waals surface area (Å²) in [6, 6.07) is 0. The zero-order valence-electron chi connectivity index (χ0n) is 29.5. The summed E-state index contributed by atoms with van der Waals surface area (Å²) in [5.74, 6) is -0.0747. The van der Waals surface area contributed by atoms with Gasteiger partial charge in [-0.15, -0.1) is 0 Å². The molecule has 7 nitrogen and oxygen atoms in total. The van der Waals surface area contributed by atoms with Crippen LogP contribution in [0.5, 0.6) is 0 Å². The second-order valence-corrected chi connectivity index (χ2v) is 12.7. The van der Waals surface area contributed by atoms with Gasteiger partial charge < -0.3 is 24.8 Å². The van der Waals surface area contributed by atoms with Crippen LogP contribution in [0, 0.1) is 5.92 Å². The van der Waals surface area contributed by atoms with E-state index in [1.165, 1.54) is 51.4 Å². The summed E-state index contributed by atoms with van der Waals surface area (Å²) in [6.07, 6.45) is 32.1. The molecule has 0 aliphatic heterocycles. The van der Waals surface area contributed by atoms with E-state index in [0.29, 0.717) is 19.3 Å². The molecule has 0 aliphatic rings. The van der Waals surface area contributed by atoms with Gasteiger partial charge in [0.2, 0.25) is 0 Å². The number of esters is 2. The molecule has 0 bridgehead atoms. The maximum atomic E-state index is 12.1. The van der Waals surface area contributed by atoms with Crippen LogP contribution in [0.15, 0.2) is 48.6 Å². The largest absolute Gasteiger partial charge is 0.462 e. The lowest BCUT2D eigenvalue weighted by molar-refractivity contribution is -0.161. The van der Waals surface area contributed by atoms with Crippen molar-refractivity contribution in [1.29, 1.82) is 0 Å². The Hall–Kier alpha value is -2.22. The Kier molecular flexibility index (Phi) is 31.1. The third-order valence-corrected chi connectivity index (χ3v) is 7.77. The molecule has 0 fully saturated rings. The van der Waals surface area contributed by atoms with Crippen LogP contribution in [-0.4, -0.2) is 58.8 Å². The Morgan fingerprint density at radius 2 is 1.11 bits per heavy atom.